The van der Waals surface area contributed by atoms with Crippen molar-refractivity contribution in [2.75, 3.05) is 26.7 Å². The molecule has 2 saturated heterocycles. The SMILES string of the molecule is Cc1nnnn1-c1cccc(C(=O)N2CC[C@@]3(CCCN(C)C3=O)C2)c1. The second-order valence-corrected chi connectivity index (χ2v) is 7.28. The van der Waals surface area contributed by atoms with Crippen molar-refractivity contribution in [3.8, 4) is 5.69 Å². The normalized spacial score (nSPS) is 23.1. The molecule has 8 heteroatoms. The van der Waals surface area contributed by atoms with E-state index in [4.69, 9.17) is 0 Å². The standard InChI is InChI=1S/C18H22N6O2/c1-13-19-20-21-24(13)15-6-3-5-14(11-15)16(25)23-10-8-18(12-23)7-4-9-22(2)17(18)26/h3,5-6,11H,4,7-10,12H2,1-2H3/t18-/m0/s1. The molecule has 0 unspecified atom stereocenters. The fraction of sp³-hybridized carbons (Fsp3) is 0.500. The third kappa shape index (κ3) is 2.65. The average Bonchev–Trinajstić information content (AvgIpc) is 3.26. The number of aryl methyl sites for hydroxylation is 1. The van der Waals surface area contributed by atoms with Crippen molar-refractivity contribution in [2.24, 2.45) is 5.41 Å². The third-order valence-electron chi connectivity index (χ3n) is 5.55. The number of hydrogen-bond donors (Lipinski definition) is 0. The highest BCUT2D eigenvalue weighted by Crippen LogP contribution is 2.40. The molecule has 0 aliphatic carbocycles. The molecule has 26 heavy (non-hydrogen) atoms. The van der Waals surface area contributed by atoms with Crippen LogP contribution in [0.25, 0.3) is 5.69 Å². The minimum atomic E-state index is -0.396. The molecule has 2 aromatic rings. The lowest BCUT2D eigenvalue weighted by Gasteiger charge is -2.37. The van der Waals surface area contributed by atoms with Gasteiger partial charge in [0.1, 0.15) is 0 Å². The number of nitrogens with zero attached hydrogens (tertiary/aromatic N) is 6. The van der Waals surface area contributed by atoms with E-state index in [-0.39, 0.29) is 11.8 Å². The van der Waals surface area contributed by atoms with Crippen LogP contribution in [0.4, 0.5) is 0 Å². The third-order valence-corrected chi connectivity index (χ3v) is 5.55. The second kappa shape index (κ2) is 6.19. The predicted molar refractivity (Wildman–Crippen MR) is 93.7 cm³/mol. The lowest BCUT2D eigenvalue weighted by molar-refractivity contribution is -0.143. The monoisotopic (exact) mass is 354 g/mol. The van der Waals surface area contributed by atoms with Gasteiger partial charge in [-0.15, -0.1) is 5.10 Å². The van der Waals surface area contributed by atoms with Gasteiger partial charge in [-0.05, 0) is 54.8 Å². The van der Waals surface area contributed by atoms with Crippen molar-refractivity contribution in [3.63, 3.8) is 0 Å². The molecule has 0 N–H and O–H groups in total. The zero-order chi connectivity index (χ0) is 18.3. The molecule has 2 amide bonds. The van der Waals surface area contributed by atoms with Crippen LogP contribution < -0.4 is 0 Å². The summed E-state index contributed by atoms with van der Waals surface area (Å²) in [6.45, 7) is 3.74. The first kappa shape index (κ1) is 16.7. The number of aromatic nitrogens is 4. The molecule has 2 aliphatic rings. The highest BCUT2D eigenvalue weighted by molar-refractivity contribution is 5.96. The van der Waals surface area contributed by atoms with Crippen molar-refractivity contribution in [2.45, 2.75) is 26.2 Å². The summed E-state index contributed by atoms with van der Waals surface area (Å²) < 4.78 is 1.60. The minimum Gasteiger partial charge on any atom is -0.345 e. The van der Waals surface area contributed by atoms with Crippen LogP contribution in [0.2, 0.25) is 0 Å². The molecule has 4 rings (SSSR count). The molecule has 136 valence electrons. The molecule has 1 spiro atoms. The van der Waals surface area contributed by atoms with Gasteiger partial charge in [-0.25, -0.2) is 0 Å². The van der Waals surface area contributed by atoms with Gasteiger partial charge in [0.15, 0.2) is 5.82 Å². The second-order valence-electron chi connectivity index (χ2n) is 7.28. The quantitative estimate of drug-likeness (QED) is 0.805. The van der Waals surface area contributed by atoms with Crippen LogP contribution in [0.5, 0.6) is 0 Å². The molecule has 1 aromatic heterocycles. The first-order valence-electron chi connectivity index (χ1n) is 8.90. The Bertz CT molecular complexity index is 863. The van der Waals surface area contributed by atoms with Crippen LogP contribution in [-0.2, 0) is 4.79 Å². The van der Waals surface area contributed by atoms with E-state index in [2.05, 4.69) is 15.5 Å². The zero-order valence-corrected chi connectivity index (χ0v) is 15.1. The predicted octanol–water partition coefficient (Wildman–Crippen LogP) is 1.06. The lowest BCUT2D eigenvalue weighted by Crippen LogP contribution is -2.48. The smallest absolute Gasteiger partial charge is 0.253 e. The molecule has 2 fully saturated rings. The fourth-order valence-corrected chi connectivity index (χ4v) is 4.12. The van der Waals surface area contributed by atoms with E-state index in [1.54, 1.807) is 21.7 Å². The molecule has 2 aliphatic heterocycles. The van der Waals surface area contributed by atoms with Crippen LogP contribution in [0.1, 0.15) is 35.4 Å². The Labute approximate surface area is 151 Å². The maximum Gasteiger partial charge on any atom is 0.253 e. The number of piperidine rings is 1. The maximum absolute atomic E-state index is 13.0. The van der Waals surface area contributed by atoms with Gasteiger partial charge in [-0.3, -0.25) is 9.59 Å². The highest BCUT2D eigenvalue weighted by atomic mass is 16.2. The molecule has 0 radical (unpaired) electrons. The number of hydrogen-bond acceptors (Lipinski definition) is 5. The summed E-state index contributed by atoms with van der Waals surface area (Å²) >= 11 is 0. The van der Waals surface area contributed by atoms with Crippen LogP contribution in [0, 0.1) is 12.3 Å². The number of carbonyl (C=O) groups excluding carboxylic acids is 2. The van der Waals surface area contributed by atoms with Crippen molar-refractivity contribution in [3.05, 3.63) is 35.7 Å². The molecule has 1 aromatic carbocycles. The van der Waals surface area contributed by atoms with Gasteiger partial charge in [0.25, 0.3) is 5.91 Å². The Hall–Kier alpha value is -2.77. The zero-order valence-electron chi connectivity index (χ0n) is 15.1. The van der Waals surface area contributed by atoms with Crippen LogP contribution in [0.15, 0.2) is 24.3 Å². The summed E-state index contributed by atoms with van der Waals surface area (Å²) in [5.41, 5.74) is 0.943. The number of likely N-dealkylation sites (tertiary alicyclic amines) is 2. The number of amides is 2. The summed E-state index contributed by atoms with van der Waals surface area (Å²) in [5.74, 6) is 0.790. The van der Waals surface area contributed by atoms with Crippen molar-refractivity contribution >= 4 is 11.8 Å². The first-order chi connectivity index (χ1) is 12.5. The van der Waals surface area contributed by atoms with Crippen molar-refractivity contribution < 1.29 is 9.59 Å². The van der Waals surface area contributed by atoms with Gasteiger partial charge in [0.05, 0.1) is 11.1 Å². The lowest BCUT2D eigenvalue weighted by atomic mass is 9.78. The van der Waals surface area contributed by atoms with Gasteiger partial charge in [-0.2, -0.15) is 4.68 Å². The Kier molecular flexibility index (Phi) is 3.97. The van der Waals surface area contributed by atoms with Gasteiger partial charge in [0.2, 0.25) is 5.91 Å². The summed E-state index contributed by atoms with van der Waals surface area (Å²) in [5, 5.41) is 11.5. The van der Waals surface area contributed by atoms with Crippen molar-refractivity contribution in [1.82, 2.24) is 30.0 Å². The largest absolute Gasteiger partial charge is 0.345 e. The molecule has 3 heterocycles. The van der Waals surface area contributed by atoms with E-state index in [0.717, 1.165) is 31.5 Å². The van der Waals surface area contributed by atoms with E-state index in [1.807, 2.05) is 31.0 Å². The van der Waals surface area contributed by atoms with Gasteiger partial charge in [0, 0.05) is 32.2 Å². The van der Waals surface area contributed by atoms with E-state index < -0.39 is 5.41 Å². The highest BCUT2D eigenvalue weighted by Gasteiger charge is 2.48. The van der Waals surface area contributed by atoms with Crippen LogP contribution in [-0.4, -0.2) is 68.5 Å². The van der Waals surface area contributed by atoms with Crippen molar-refractivity contribution in [1.29, 1.82) is 0 Å². The topological polar surface area (TPSA) is 84.2 Å². The van der Waals surface area contributed by atoms with E-state index >= 15 is 0 Å². The summed E-state index contributed by atoms with van der Waals surface area (Å²) in [4.78, 5) is 29.3. The number of tetrazole rings is 1. The Morgan fingerprint density at radius 1 is 1.23 bits per heavy atom. The Morgan fingerprint density at radius 3 is 2.85 bits per heavy atom. The number of rotatable bonds is 2. The molecular weight excluding hydrogens is 332 g/mol. The molecule has 8 nitrogen and oxygen atoms in total. The average molecular weight is 354 g/mol. The summed E-state index contributed by atoms with van der Waals surface area (Å²) in [6, 6.07) is 7.29. The fourth-order valence-electron chi connectivity index (χ4n) is 4.12. The van der Waals surface area contributed by atoms with E-state index in [9.17, 15) is 9.59 Å². The van der Waals surface area contributed by atoms with Gasteiger partial charge >= 0.3 is 0 Å². The van der Waals surface area contributed by atoms with E-state index in [1.165, 1.54) is 0 Å². The number of benzene rings is 1. The molecular formula is C18H22N6O2. The van der Waals surface area contributed by atoms with Gasteiger partial charge < -0.3 is 9.80 Å². The molecule has 0 bridgehead atoms. The van der Waals surface area contributed by atoms with Gasteiger partial charge in [-0.1, -0.05) is 6.07 Å². The maximum atomic E-state index is 13.0. The summed E-state index contributed by atoms with van der Waals surface area (Å²) in [6.07, 6.45) is 2.61. The number of carbonyl (C=O) groups is 2. The Balaban J connectivity index is 1.56. The van der Waals surface area contributed by atoms with Crippen LogP contribution in [0.3, 0.4) is 0 Å². The minimum absolute atomic E-state index is 0.0459. The Morgan fingerprint density at radius 2 is 2.08 bits per heavy atom. The van der Waals surface area contributed by atoms with Crippen LogP contribution >= 0.6 is 0 Å². The molecule has 1 atom stereocenters. The molecule has 0 saturated carbocycles. The summed E-state index contributed by atoms with van der Waals surface area (Å²) in [7, 11) is 1.85. The first-order valence-corrected chi connectivity index (χ1v) is 8.90. The van der Waals surface area contributed by atoms with E-state index in [0.29, 0.717) is 24.5 Å².